The van der Waals surface area contributed by atoms with Gasteiger partial charge in [0.2, 0.25) is 19.9 Å². The van der Waals surface area contributed by atoms with Crippen molar-refractivity contribution in [2.24, 2.45) is 0 Å². The lowest BCUT2D eigenvalue weighted by Gasteiger charge is -2.26. The minimum Gasteiger partial charge on any atom is -0.219 e. The van der Waals surface area contributed by atoms with Crippen molar-refractivity contribution >= 4 is 31.5 Å². The molecule has 26 heavy (non-hydrogen) atoms. The summed E-state index contributed by atoms with van der Waals surface area (Å²) < 4.78 is 53.1. The van der Waals surface area contributed by atoms with E-state index in [1.165, 1.54) is 40.7 Å². The molecule has 2 aromatic carbocycles. The molecule has 0 atom stereocenters. The van der Waals surface area contributed by atoms with Crippen LogP contribution in [0, 0.1) is 6.92 Å². The van der Waals surface area contributed by atoms with E-state index in [-0.39, 0.29) is 14.7 Å². The average Bonchev–Trinajstić information content (AvgIpc) is 2.63. The Kier molecular flexibility index (Phi) is 5.44. The maximum absolute atomic E-state index is 13.0. The molecule has 1 fully saturated rings. The fraction of sp³-hybridized carbons (Fsp3) is 0.333. The van der Waals surface area contributed by atoms with Crippen LogP contribution in [-0.2, 0) is 19.9 Å². The molecule has 1 saturated heterocycles. The summed E-state index contributed by atoms with van der Waals surface area (Å²) in [5, 5.41) is 0.432. The fourth-order valence-corrected chi connectivity index (χ4v) is 6.27. The zero-order chi connectivity index (χ0) is 18.9. The Morgan fingerprint density at radius 3 is 2.04 bits per heavy atom. The minimum atomic E-state index is -3.83. The van der Waals surface area contributed by atoms with Gasteiger partial charge in [-0.3, -0.25) is 0 Å². The largest absolute Gasteiger partial charge is 0.243 e. The Morgan fingerprint density at radius 2 is 1.42 bits per heavy atom. The summed E-state index contributed by atoms with van der Waals surface area (Å²) in [6.07, 6.45) is 2.65. The molecule has 0 saturated carbocycles. The predicted octanol–water partition coefficient (Wildman–Crippen LogP) is 3.66. The average molecular weight is 414 g/mol. The second kappa shape index (κ2) is 7.31. The maximum Gasteiger partial charge on any atom is 0.243 e. The summed E-state index contributed by atoms with van der Waals surface area (Å²) in [7, 11) is -7.54. The molecule has 0 bridgehead atoms. The zero-order valence-corrected chi connectivity index (χ0v) is 16.7. The summed E-state index contributed by atoms with van der Waals surface area (Å²) in [5.74, 6) is 0. The molecular weight excluding hydrogens is 394 g/mol. The number of nitrogens with zero attached hydrogens (tertiary/aromatic N) is 1. The lowest BCUT2D eigenvalue weighted by atomic mass is 10.2. The zero-order valence-electron chi connectivity index (χ0n) is 14.4. The Hall–Kier alpha value is -1.41. The van der Waals surface area contributed by atoms with Crippen molar-refractivity contribution in [2.75, 3.05) is 13.1 Å². The van der Waals surface area contributed by atoms with Gasteiger partial charge in [0.25, 0.3) is 0 Å². The smallest absolute Gasteiger partial charge is 0.219 e. The molecule has 0 N–H and O–H groups in total. The summed E-state index contributed by atoms with van der Waals surface area (Å²) in [6, 6.07) is 10.1. The Morgan fingerprint density at radius 1 is 0.846 bits per heavy atom. The highest BCUT2D eigenvalue weighted by Gasteiger charge is 2.29. The number of piperidine rings is 1. The van der Waals surface area contributed by atoms with Gasteiger partial charge in [-0.25, -0.2) is 16.8 Å². The van der Waals surface area contributed by atoms with Crippen LogP contribution >= 0.6 is 11.6 Å². The first-order valence-electron chi connectivity index (χ1n) is 8.34. The Bertz CT molecular complexity index is 1010. The van der Waals surface area contributed by atoms with Crippen LogP contribution in [0.4, 0.5) is 0 Å². The van der Waals surface area contributed by atoms with E-state index < -0.39 is 19.9 Å². The SMILES string of the molecule is Cc1ccc(S(=O)(=O)c2ccc(Cl)cc2)cc1S(=O)(=O)N1CCCCC1. The first kappa shape index (κ1) is 19.4. The summed E-state index contributed by atoms with van der Waals surface area (Å²) >= 11 is 5.82. The highest BCUT2D eigenvalue weighted by atomic mass is 35.5. The van der Waals surface area contributed by atoms with Crippen molar-refractivity contribution in [1.29, 1.82) is 0 Å². The van der Waals surface area contributed by atoms with Gasteiger partial charge >= 0.3 is 0 Å². The maximum atomic E-state index is 13.0. The van der Waals surface area contributed by atoms with Crippen molar-refractivity contribution < 1.29 is 16.8 Å². The molecule has 0 radical (unpaired) electrons. The predicted molar refractivity (Wildman–Crippen MR) is 101 cm³/mol. The van der Waals surface area contributed by atoms with Crippen LogP contribution < -0.4 is 0 Å². The molecule has 3 rings (SSSR count). The van der Waals surface area contributed by atoms with Crippen LogP contribution in [0.3, 0.4) is 0 Å². The monoisotopic (exact) mass is 413 g/mol. The van der Waals surface area contributed by atoms with Crippen molar-refractivity contribution in [1.82, 2.24) is 4.31 Å². The van der Waals surface area contributed by atoms with Gasteiger partial charge in [0.05, 0.1) is 14.7 Å². The molecule has 0 unspecified atom stereocenters. The third-order valence-electron chi connectivity index (χ3n) is 4.53. The number of sulfonamides is 1. The van der Waals surface area contributed by atoms with E-state index in [0.717, 1.165) is 19.3 Å². The van der Waals surface area contributed by atoms with Crippen LogP contribution in [0.5, 0.6) is 0 Å². The fourth-order valence-electron chi connectivity index (χ4n) is 3.02. The van der Waals surface area contributed by atoms with Crippen LogP contribution in [0.1, 0.15) is 24.8 Å². The molecule has 8 heteroatoms. The highest BCUT2D eigenvalue weighted by Crippen LogP contribution is 2.29. The van der Waals surface area contributed by atoms with Crippen molar-refractivity contribution in [3.63, 3.8) is 0 Å². The number of sulfone groups is 1. The first-order valence-corrected chi connectivity index (χ1v) is 11.6. The third-order valence-corrected chi connectivity index (χ3v) is 8.59. The minimum absolute atomic E-state index is 0.0407. The highest BCUT2D eigenvalue weighted by molar-refractivity contribution is 7.91. The molecule has 0 spiro atoms. The second-order valence-corrected chi connectivity index (χ2v) is 10.6. The molecule has 0 aromatic heterocycles. The molecule has 0 amide bonds. The van der Waals surface area contributed by atoms with Crippen LogP contribution in [0.2, 0.25) is 5.02 Å². The van der Waals surface area contributed by atoms with Gasteiger partial charge in [-0.15, -0.1) is 0 Å². The summed E-state index contributed by atoms with van der Waals surface area (Å²) in [4.78, 5) is 0.0857. The van der Waals surface area contributed by atoms with Crippen LogP contribution in [0.15, 0.2) is 57.2 Å². The van der Waals surface area contributed by atoms with E-state index in [0.29, 0.717) is 23.7 Å². The van der Waals surface area contributed by atoms with E-state index in [1.807, 2.05) is 0 Å². The molecule has 1 aliphatic heterocycles. The lowest BCUT2D eigenvalue weighted by molar-refractivity contribution is 0.346. The molecule has 0 aliphatic carbocycles. The lowest BCUT2D eigenvalue weighted by Crippen LogP contribution is -2.36. The molecule has 1 aliphatic rings. The molecule has 1 heterocycles. The number of hydrogen-bond acceptors (Lipinski definition) is 4. The molecule has 140 valence electrons. The molecular formula is C18H20ClNO4S2. The van der Waals surface area contributed by atoms with Gasteiger partial charge in [-0.1, -0.05) is 24.1 Å². The van der Waals surface area contributed by atoms with E-state index >= 15 is 0 Å². The number of rotatable bonds is 4. The van der Waals surface area contributed by atoms with Gasteiger partial charge in [-0.2, -0.15) is 4.31 Å². The van der Waals surface area contributed by atoms with E-state index in [4.69, 9.17) is 11.6 Å². The van der Waals surface area contributed by atoms with Gasteiger partial charge < -0.3 is 0 Å². The number of halogens is 1. The van der Waals surface area contributed by atoms with E-state index in [1.54, 1.807) is 13.0 Å². The molecule has 5 nitrogen and oxygen atoms in total. The summed E-state index contributed by atoms with van der Waals surface area (Å²) in [5.41, 5.74) is 0.533. The number of benzene rings is 2. The third kappa shape index (κ3) is 3.67. The van der Waals surface area contributed by atoms with Crippen molar-refractivity contribution in [2.45, 2.75) is 40.9 Å². The summed E-state index contributed by atoms with van der Waals surface area (Å²) in [6.45, 7) is 2.61. The van der Waals surface area contributed by atoms with E-state index in [2.05, 4.69) is 0 Å². The quantitative estimate of drug-likeness (QED) is 0.766. The van der Waals surface area contributed by atoms with Crippen molar-refractivity contribution in [3.05, 3.63) is 53.1 Å². The standard InChI is InChI=1S/C18H20ClNO4S2/c1-14-5-8-17(25(21,22)16-9-6-15(19)7-10-16)13-18(14)26(23,24)20-11-3-2-4-12-20/h5-10,13H,2-4,11-12H2,1H3. The van der Waals surface area contributed by atoms with Gasteiger partial charge in [0.15, 0.2) is 0 Å². The van der Waals surface area contributed by atoms with Crippen molar-refractivity contribution in [3.8, 4) is 0 Å². The van der Waals surface area contributed by atoms with Gasteiger partial charge in [-0.05, 0) is 61.7 Å². The van der Waals surface area contributed by atoms with E-state index in [9.17, 15) is 16.8 Å². The topological polar surface area (TPSA) is 71.5 Å². The first-order chi connectivity index (χ1) is 12.2. The van der Waals surface area contributed by atoms with Crippen LogP contribution in [0.25, 0.3) is 0 Å². The van der Waals surface area contributed by atoms with Crippen LogP contribution in [-0.4, -0.2) is 34.2 Å². The number of hydrogen-bond donors (Lipinski definition) is 0. The Balaban J connectivity index is 2.06. The number of aryl methyl sites for hydroxylation is 1. The molecule has 2 aromatic rings. The van der Waals surface area contributed by atoms with Gasteiger partial charge in [0.1, 0.15) is 0 Å². The normalized spacial score (nSPS) is 16.5. The van der Waals surface area contributed by atoms with Gasteiger partial charge in [0, 0.05) is 18.1 Å². The second-order valence-electron chi connectivity index (χ2n) is 6.35. The Labute approximate surface area is 159 Å².